The van der Waals surface area contributed by atoms with Crippen LogP contribution in [0.3, 0.4) is 0 Å². The lowest BCUT2D eigenvalue weighted by Crippen LogP contribution is -2.09. The van der Waals surface area contributed by atoms with Gasteiger partial charge in [-0.3, -0.25) is 0 Å². The molecule has 0 atom stereocenters. The summed E-state index contributed by atoms with van der Waals surface area (Å²) in [6.45, 7) is 0. The molecule has 0 N–H and O–H groups in total. The molecule has 3 heteroatoms. The number of rotatable bonds is 6. The molecule has 0 bridgehead atoms. The molecular weight excluding hydrogens is 671 g/mol. The Hall–Kier alpha value is -7.36. The van der Waals surface area contributed by atoms with E-state index in [1.54, 1.807) is 0 Å². The minimum Gasteiger partial charge on any atom is -0.456 e. The van der Waals surface area contributed by atoms with Gasteiger partial charge in [0.25, 0.3) is 0 Å². The van der Waals surface area contributed by atoms with Crippen LogP contribution in [-0.2, 0) is 0 Å². The van der Waals surface area contributed by atoms with Crippen molar-refractivity contribution in [3.63, 3.8) is 0 Å². The number of hydrogen-bond acceptors (Lipinski definition) is 3. The van der Waals surface area contributed by atoms with E-state index in [1.165, 1.54) is 27.5 Å². The molecule has 9 aromatic carbocycles. The molecule has 0 aliphatic carbocycles. The van der Waals surface area contributed by atoms with Crippen LogP contribution in [-0.4, -0.2) is 0 Å². The van der Waals surface area contributed by atoms with Crippen molar-refractivity contribution in [2.45, 2.75) is 0 Å². The third kappa shape index (κ3) is 5.20. The Morgan fingerprint density at radius 3 is 1.62 bits per heavy atom. The average Bonchev–Trinajstić information content (AvgIpc) is 3.82. The van der Waals surface area contributed by atoms with Crippen LogP contribution in [0.5, 0.6) is 0 Å². The van der Waals surface area contributed by atoms with Gasteiger partial charge in [0.05, 0.1) is 0 Å². The zero-order chi connectivity index (χ0) is 36.3. The van der Waals surface area contributed by atoms with Crippen LogP contribution in [0.15, 0.2) is 209 Å². The van der Waals surface area contributed by atoms with E-state index in [0.717, 1.165) is 77.6 Å². The second-order valence-electron chi connectivity index (χ2n) is 14.1. The van der Waals surface area contributed by atoms with Gasteiger partial charge in [-0.25, -0.2) is 0 Å². The summed E-state index contributed by atoms with van der Waals surface area (Å²) in [5.41, 5.74) is 13.5. The van der Waals surface area contributed by atoms with Gasteiger partial charge in [-0.15, -0.1) is 0 Å². The summed E-state index contributed by atoms with van der Waals surface area (Å²) in [4.78, 5) is 2.29. The van der Waals surface area contributed by atoms with Crippen molar-refractivity contribution in [3.8, 4) is 33.4 Å². The molecule has 258 valence electrons. The lowest BCUT2D eigenvalue weighted by molar-refractivity contribution is 0.669. The van der Waals surface area contributed by atoms with Crippen molar-refractivity contribution in [1.82, 2.24) is 0 Å². The third-order valence-corrected chi connectivity index (χ3v) is 10.9. The second kappa shape index (κ2) is 12.6. The monoisotopic (exact) mass is 703 g/mol. The van der Waals surface area contributed by atoms with Gasteiger partial charge in [0.15, 0.2) is 0 Å². The Morgan fingerprint density at radius 1 is 0.309 bits per heavy atom. The van der Waals surface area contributed by atoms with E-state index in [-0.39, 0.29) is 0 Å². The van der Waals surface area contributed by atoms with E-state index in [4.69, 9.17) is 8.83 Å². The standard InChI is InChI=1S/C52H33NO2/c1-3-12-34(13-4-1)42-29-24-36-16-7-8-17-41(36)51(42)37-22-25-38(26-23-37)53(39-27-30-45-44-18-9-10-21-48(44)54-49(45)32-39)40-28-31-46-47-20-11-19-43(35-14-5-2-6-15-35)52(47)55-50(46)33-40/h1-33H. The van der Waals surface area contributed by atoms with Crippen LogP contribution in [0.2, 0.25) is 0 Å². The first-order valence-electron chi connectivity index (χ1n) is 18.7. The predicted octanol–water partition coefficient (Wildman–Crippen LogP) is 15.1. The normalized spacial score (nSPS) is 11.6. The number of furan rings is 2. The highest BCUT2D eigenvalue weighted by atomic mass is 16.3. The Balaban J connectivity index is 1.09. The summed E-state index contributed by atoms with van der Waals surface area (Å²) in [7, 11) is 0. The third-order valence-electron chi connectivity index (χ3n) is 10.9. The van der Waals surface area contributed by atoms with Crippen LogP contribution in [0, 0.1) is 0 Å². The van der Waals surface area contributed by atoms with Gasteiger partial charge < -0.3 is 13.7 Å². The van der Waals surface area contributed by atoms with Crippen LogP contribution in [0.4, 0.5) is 17.1 Å². The molecule has 0 saturated heterocycles. The molecule has 2 heterocycles. The minimum atomic E-state index is 0.838. The number of para-hydroxylation sites is 2. The quantitative estimate of drug-likeness (QED) is 0.173. The smallest absolute Gasteiger partial charge is 0.143 e. The molecule has 11 rings (SSSR count). The van der Waals surface area contributed by atoms with E-state index in [0.29, 0.717) is 0 Å². The first-order chi connectivity index (χ1) is 27.3. The largest absolute Gasteiger partial charge is 0.456 e. The van der Waals surface area contributed by atoms with E-state index in [1.807, 2.05) is 18.2 Å². The van der Waals surface area contributed by atoms with Crippen LogP contribution < -0.4 is 4.90 Å². The zero-order valence-corrected chi connectivity index (χ0v) is 29.8. The van der Waals surface area contributed by atoms with Gasteiger partial charge in [-0.2, -0.15) is 0 Å². The molecule has 0 radical (unpaired) electrons. The Bertz CT molecular complexity index is 3190. The van der Waals surface area contributed by atoms with Crippen molar-refractivity contribution >= 4 is 71.7 Å². The summed E-state index contributed by atoms with van der Waals surface area (Å²) >= 11 is 0. The van der Waals surface area contributed by atoms with Gasteiger partial charge in [0.2, 0.25) is 0 Å². The van der Waals surface area contributed by atoms with Gasteiger partial charge >= 0.3 is 0 Å². The summed E-state index contributed by atoms with van der Waals surface area (Å²) in [5, 5.41) is 6.85. The number of anilines is 3. The summed E-state index contributed by atoms with van der Waals surface area (Å²) in [5.74, 6) is 0. The van der Waals surface area contributed by atoms with Crippen LogP contribution >= 0.6 is 0 Å². The van der Waals surface area contributed by atoms with Crippen molar-refractivity contribution < 1.29 is 8.83 Å². The van der Waals surface area contributed by atoms with Crippen LogP contribution in [0.25, 0.3) is 88.0 Å². The van der Waals surface area contributed by atoms with Crippen LogP contribution in [0.1, 0.15) is 0 Å². The molecular formula is C52H33NO2. The topological polar surface area (TPSA) is 29.5 Å². The summed E-state index contributed by atoms with van der Waals surface area (Å²) < 4.78 is 13.1. The van der Waals surface area contributed by atoms with E-state index in [2.05, 4.69) is 187 Å². The van der Waals surface area contributed by atoms with Crippen molar-refractivity contribution in [3.05, 3.63) is 200 Å². The number of hydrogen-bond donors (Lipinski definition) is 0. The molecule has 3 nitrogen and oxygen atoms in total. The van der Waals surface area contributed by atoms with Crippen molar-refractivity contribution in [2.75, 3.05) is 4.90 Å². The first kappa shape index (κ1) is 31.2. The summed E-state index contributed by atoms with van der Waals surface area (Å²) in [6, 6.07) is 70.9. The lowest BCUT2D eigenvalue weighted by atomic mass is 9.89. The molecule has 0 aliphatic heterocycles. The molecule has 0 aliphatic rings. The molecule has 55 heavy (non-hydrogen) atoms. The molecule has 0 fully saturated rings. The Morgan fingerprint density at radius 2 is 0.873 bits per heavy atom. The second-order valence-corrected chi connectivity index (χ2v) is 14.1. The molecule has 0 spiro atoms. The Kier molecular flexibility index (Phi) is 7.17. The van der Waals surface area contributed by atoms with Crippen molar-refractivity contribution in [2.24, 2.45) is 0 Å². The maximum Gasteiger partial charge on any atom is 0.143 e. The minimum absolute atomic E-state index is 0.838. The van der Waals surface area contributed by atoms with Gasteiger partial charge in [0, 0.05) is 56.3 Å². The van der Waals surface area contributed by atoms with E-state index >= 15 is 0 Å². The number of nitrogens with zero attached hydrogens (tertiary/aromatic N) is 1. The highest BCUT2D eigenvalue weighted by molar-refractivity contribution is 6.11. The zero-order valence-electron chi connectivity index (χ0n) is 29.8. The maximum atomic E-state index is 6.74. The molecule has 11 aromatic rings. The molecule has 2 aromatic heterocycles. The van der Waals surface area contributed by atoms with E-state index < -0.39 is 0 Å². The van der Waals surface area contributed by atoms with E-state index in [9.17, 15) is 0 Å². The predicted molar refractivity (Wildman–Crippen MR) is 229 cm³/mol. The van der Waals surface area contributed by atoms with Gasteiger partial charge in [0.1, 0.15) is 22.3 Å². The highest BCUT2D eigenvalue weighted by Crippen LogP contribution is 2.44. The fourth-order valence-corrected chi connectivity index (χ4v) is 8.29. The molecule has 0 saturated carbocycles. The number of fused-ring (bicyclic) bond motifs is 7. The average molecular weight is 704 g/mol. The molecule has 0 amide bonds. The number of benzene rings is 9. The fraction of sp³-hybridized carbons (Fsp3) is 0. The first-order valence-corrected chi connectivity index (χ1v) is 18.7. The Labute approximate surface area is 317 Å². The fourth-order valence-electron chi connectivity index (χ4n) is 8.29. The van der Waals surface area contributed by atoms with Crippen molar-refractivity contribution in [1.29, 1.82) is 0 Å². The molecule has 0 unspecified atom stereocenters. The maximum absolute atomic E-state index is 6.74. The summed E-state index contributed by atoms with van der Waals surface area (Å²) in [6.07, 6.45) is 0. The SMILES string of the molecule is c1ccc(-c2ccc3ccccc3c2-c2ccc(N(c3ccc4c(c3)oc3ccccc34)c3ccc4c(c3)oc3c(-c5ccccc5)cccc34)cc2)cc1. The lowest BCUT2D eigenvalue weighted by Gasteiger charge is -2.26. The van der Waals surface area contributed by atoms with Gasteiger partial charge in [-0.05, 0) is 81.1 Å². The highest BCUT2D eigenvalue weighted by Gasteiger charge is 2.20. The van der Waals surface area contributed by atoms with Gasteiger partial charge in [-0.1, -0.05) is 146 Å².